The standard InChI is InChI=1S/C27H31ClN2O6/c28-23-12-7-20(15-24(23)35-16-17-1-2-17)26(32)30-14-13-29-25(31)18-3-8-21(9-4-18)36-22-10-5-19(6-11-22)27(33)34/h3-4,7-9,12,15,17,19,22H,1-2,5-6,10-11,13-14,16H2,(H,29,31)(H,30,32)(H,33,34)/t19-,22+. The molecule has 192 valence electrons. The lowest BCUT2D eigenvalue weighted by molar-refractivity contribution is -0.143. The van der Waals surface area contributed by atoms with Crippen molar-refractivity contribution in [3.8, 4) is 11.5 Å². The molecule has 2 aliphatic rings. The maximum Gasteiger partial charge on any atom is 0.306 e. The first-order chi connectivity index (χ1) is 17.4. The van der Waals surface area contributed by atoms with Crippen molar-refractivity contribution in [1.29, 1.82) is 0 Å². The van der Waals surface area contributed by atoms with Gasteiger partial charge in [-0.1, -0.05) is 11.6 Å². The lowest BCUT2D eigenvalue weighted by atomic mass is 9.87. The van der Waals surface area contributed by atoms with E-state index in [0.29, 0.717) is 65.9 Å². The van der Waals surface area contributed by atoms with Crippen LogP contribution < -0.4 is 20.1 Å². The van der Waals surface area contributed by atoms with E-state index in [1.807, 2.05) is 0 Å². The number of carbonyl (C=O) groups is 3. The lowest BCUT2D eigenvalue weighted by Gasteiger charge is -2.26. The number of halogens is 1. The fraction of sp³-hybridized carbons (Fsp3) is 0.444. The predicted molar refractivity (Wildman–Crippen MR) is 135 cm³/mol. The van der Waals surface area contributed by atoms with E-state index in [1.54, 1.807) is 42.5 Å². The number of carboxylic acids is 1. The molecular formula is C27H31ClN2O6. The number of hydrogen-bond acceptors (Lipinski definition) is 5. The Kier molecular flexibility index (Phi) is 8.70. The predicted octanol–water partition coefficient (Wildman–Crippen LogP) is 4.31. The summed E-state index contributed by atoms with van der Waals surface area (Å²) in [6, 6.07) is 11.8. The number of nitrogens with one attached hydrogen (secondary N) is 2. The van der Waals surface area contributed by atoms with Crippen LogP contribution in [-0.2, 0) is 4.79 Å². The minimum absolute atomic E-state index is 0.00892. The van der Waals surface area contributed by atoms with Crippen LogP contribution in [-0.4, -0.2) is 48.7 Å². The Morgan fingerprint density at radius 2 is 1.47 bits per heavy atom. The van der Waals surface area contributed by atoms with E-state index in [4.69, 9.17) is 26.2 Å². The first-order valence-electron chi connectivity index (χ1n) is 12.4. The molecule has 0 aromatic heterocycles. The van der Waals surface area contributed by atoms with E-state index in [2.05, 4.69) is 10.6 Å². The molecule has 0 radical (unpaired) electrons. The van der Waals surface area contributed by atoms with Gasteiger partial charge in [-0.3, -0.25) is 14.4 Å². The van der Waals surface area contributed by atoms with Gasteiger partial charge in [0, 0.05) is 24.2 Å². The quantitative estimate of drug-likeness (QED) is 0.385. The van der Waals surface area contributed by atoms with Gasteiger partial charge >= 0.3 is 5.97 Å². The third-order valence-corrected chi connectivity index (χ3v) is 6.82. The molecule has 0 spiro atoms. The van der Waals surface area contributed by atoms with E-state index in [9.17, 15) is 14.4 Å². The fourth-order valence-electron chi connectivity index (χ4n) is 4.11. The zero-order chi connectivity index (χ0) is 25.5. The van der Waals surface area contributed by atoms with Gasteiger partial charge < -0.3 is 25.2 Å². The van der Waals surface area contributed by atoms with Gasteiger partial charge in [-0.2, -0.15) is 0 Å². The van der Waals surface area contributed by atoms with E-state index in [1.165, 1.54) is 12.8 Å². The molecule has 2 amide bonds. The molecular weight excluding hydrogens is 484 g/mol. The summed E-state index contributed by atoms with van der Waals surface area (Å²) in [6.07, 6.45) is 4.96. The number of amides is 2. The molecule has 8 nitrogen and oxygen atoms in total. The maximum absolute atomic E-state index is 12.5. The molecule has 2 fully saturated rings. The first-order valence-corrected chi connectivity index (χ1v) is 12.7. The minimum Gasteiger partial charge on any atom is -0.492 e. The second-order valence-corrected chi connectivity index (χ2v) is 9.77. The number of aliphatic carboxylic acids is 1. The Balaban J connectivity index is 1.17. The van der Waals surface area contributed by atoms with Crippen LogP contribution in [0.4, 0.5) is 0 Å². The van der Waals surface area contributed by atoms with Crippen molar-refractivity contribution in [3.63, 3.8) is 0 Å². The van der Waals surface area contributed by atoms with Crippen molar-refractivity contribution >= 4 is 29.4 Å². The normalized spacial score (nSPS) is 19.2. The molecule has 0 aliphatic heterocycles. The summed E-state index contributed by atoms with van der Waals surface area (Å²) in [5.74, 6) is 0.199. The Bertz CT molecular complexity index is 1080. The van der Waals surface area contributed by atoms with Crippen LogP contribution in [0.25, 0.3) is 0 Å². The van der Waals surface area contributed by atoms with Gasteiger partial charge in [0.05, 0.1) is 23.7 Å². The van der Waals surface area contributed by atoms with Gasteiger partial charge in [0.25, 0.3) is 11.8 Å². The van der Waals surface area contributed by atoms with Gasteiger partial charge in [-0.05, 0) is 86.9 Å². The molecule has 0 heterocycles. The highest BCUT2D eigenvalue weighted by Crippen LogP contribution is 2.32. The molecule has 0 bridgehead atoms. The fourth-order valence-corrected chi connectivity index (χ4v) is 4.28. The molecule has 2 aromatic rings. The Morgan fingerprint density at radius 1 is 0.861 bits per heavy atom. The maximum atomic E-state index is 12.5. The SMILES string of the molecule is O=C(NCCNC(=O)c1ccc(Cl)c(OCC2CC2)c1)c1ccc(O[C@H]2CC[C@@H](C(=O)O)CC2)cc1. The van der Waals surface area contributed by atoms with Crippen LogP contribution in [0.2, 0.25) is 5.02 Å². The Morgan fingerprint density at radius 3 is 2.08 bits per heavy atom. The molecule has 0 atom stereocenters. The van der Waals surface area contributed by atoms with E-state index in [-0.39, 0.29) is 36.9 Å². The smallest absolute Gasteiger partial charge is 0.306 e. The molecule has 3 N–H and O–H groups in total. The Hall–Kier alpha value is -3.26. The average molecular weight is 515 g/mol. The topological polar surface area (TPSA) is 114 Å². The molecule has 0 saturated heterocycles. The molecule has 36 heavy (non-hydrogen) atoms. The number of carbonyl (C=O) groups excluding carboxylic acids is 2. The summed E-state index contributed by atoms with van der Waals surface area (Å²) < 4.78 is 11.7. The highest BCUT2D eigenvalue weighted by Gasteiger charge is 2.27. The summed E-state index contributed by atoms with van der Waals surface area (Å²) in [7, 11) is 0. The summed E-state index contributed by atoms with van der Waals surface area (Å²) >= 11 is 6.17. The average Bonchev–Trinajstić information content (AvgIpc) is 3.71. The number of ether oxygens (including phenoxy) is 2. The van der Waals surface area contributed by atoms with Crippen LogP contribution in [0.3, 0.4) is 0 Å². The molecule has 2 saturated carbocycles. The zero-order valence-electron chi connectivity index (χ0n) is 20.0. The molecule has 4 rings (SSSR count). The zero-order valence-corrected chi connectivity index (χ0v) is 20.8. The monoisotopic (exact) mass is 514 g/mol. The largest absolute Gasteiger partial charge is 0.492 e. The van der Waals surface area contributed by atoms with Crippen molar-refractivity contribution < 1.29 is 29.0 Å². The molecule has 2 aliphatic carbocycles. The van der Waals surface area contributed by atoms with Gasteiger partial charge in [0.15, 0.2) is 0 Å². The summed E-state index contributed by atoms with van der Waals surface area (Å²) in [4.78, 5) is 36.0. The minimum atomic E-state index is -0.740. The molecule has 2 aromatic carbocycles. The van der Waals surface area contributed by atoms with Crippen LogP contribution in [0.15, 0.2) is 42.5 Å². The van der Waals surface area contributed by atoms with Crippen molar-refractivity contribution in [3.05, 3.63) is 58.6 Å². The van der Waals surface area contributed by atoms with E-state index in [0.717, 1.165) is 0 Å². The van der Waals surface area contributed by atoms with Crippen molar-refractivity contribution in [1.82, 2.24) is 10.6 Å². The van der Waals surface area contributed by atoms with Crippen molar-refractivity contribution in [2.45, 2.75) is 44.6 Å². The summed E-state index contributed by atoms with van der Waals surface area (Å²) in [6.45, 7) is 1.15. The van der Waals surface area contributed by atoms with Crippen LogP contribution in [0.1, 0.15) is 59.2 Å². The van der Waals surface area contributed by atoms with Gasteiger partial charge in [0.2, 0.25) is 0 Å². The summed E-state index contributed by atoms with van der Waals surface area (Å²) in [5, 5.41) is 15.1. The van der Waals surface area contributed by atoms with Gasteiger partial charge in [0.1, 0.15) is 11.5 Å². The van der Waals surface area contributed by atoms with E-state index < -0.39 is 5.97 Å². The third-order valence-electron chi connectivity index (χ3n) is 6.50. The van der Waals surface area contributed by atoms with Crippen molar-refractivity contribution in [2.24, 2.45) is 11.8 Å². The lowest BCUT2D eigenvalue weighted by Crippen LogP contribution is -2.34. The second kappa shape index (κ2) is 12.1. The van der Waals surface area contributed by atoms with Crippen LogP contribution >= 0.6 is 11.6 Å². The van der Waals surface area contributed by atoms with Crippen molar-refractivity contribution in [2.75, 3.05) is 19.7 Å². The first kappa shape index (κ1) is 25.8. The van der Waals surface area contributed by atoms with Crippen LogP contribution in [0.5, 0.6) is 11.5 Å². The molecule has 9 heteroatoms. The van der Waals surface area contributed by atoms with Gasteiger partial charge in [-0.15, -0.1) is 0 Å². The number of carboxylic acid groups (broad SMARTS) is 1. The van der Waals surface area contributed by atoms with E-state index >= 15 is 0 Å². The molecule has 0 unspecified atom stereocenters. The second-order valence-electron chi connectivity index (χ2n) is 9.37. The van der Waals surface area contributed by atoms with Gasteiger partial charge in [-0.25, -0.2) is 0 Å². The third kappa shape index (κ3) is 7.37. The number of rotatable bonds is 11. The Labute approximate surface area is 215 Å². The van der Waals surface area contributed by atoms with Crippen LogP contribution in [0, 0.1) is 11.8 Å². The highest BCUT2D eigenvalue weighted by atomic mass is 35.5. The number of benzene rings is 2. The highest BCUT2D eigenvalue weighted by molar-refractivity contribution is 6.32. The number of hydrogen-bond donors (Lipinski definition) is 3. The summed E-state index contributed by atoms with van der Waals surface area (Å²) in [5.41, 5.74) is 0.932.